The molecule has 0 bridgehead atoms. The summed E-state index contributed by atoms with van der Waals surface area (Å²) >= 11 is 1.38. The van der Waals surface area contributed by atoms with E-state index in [1.165, 1.54) is 11.3 Å². The van der Waals surface area contributed by atoms with Crippen molar-refractivity contribution in [2.75, 3.05) is 13.7 Å². The number of aromatic nitrogens is 3. The fraction of sp³-hybridized carbons (Fsp3) is 0.308. The zero-order chi connectivity index (χ0) is 14.5. The molecule has 20 heavy (non-hydrogen) atoms. The predicted octanol–water partition coefficient (Wildman–Crippen LogP) is 0.791. The second kappa shape index (κ2) is 6.32. The first-order chi connectivity index (χ1) is 9.60. The Morgan fingerprint density at radius 1 is 1.60 bits per heavy atom. The van der Waals surface area contributed by atoms with Crippen molar-refractivity contribution in [1.29, 1.82) is 0 Å². The first kappa shape index (κ1) is 14.2. The largest absolute Gasteiger partial charge is 0.384 e. The van der Waals surface area contributed by atoms with Crippen molar-refractivity contribution in [3.8, 4) is 11.8 Å². The van der Waals surface area contributed by atoms with Crippen molar-refractivity contribution in [2.24, 2.45) is 0 Å². The van der Waals surface area contributed by atoms with Crippen LogP contribution in [0.5, 0.6) is 0 Å². The lowest BCUT2D eigenvalue weighted by Gasteiger charge is -2.13. The van der Waals surface area contributed by atoms with E-state index in [1.54, 1.807) is 23.4 Å². The van der Waals surface area contributed by atoms with Crippen LogP contribution in [0.1, 0.15) is 26.9 Å². The topological polar surface area (TPSA) is 82.1 Å². The molecule has 1 amide bonds. The predicted molar refractivity (Wildman–Crippen MR) is 75.2 cm³/mol. The van der Waals surface area contributed by atoms with Crippen LogP contribution in [0.3, 0.4) is 0 Å². The molecule has 2 heterocycles. The molecule has 0 fully saturated rings. The highest BCUT2D eigenvalue weighted by Gasteiger charge is 2.15. The summed E-state index contributed by atoms with van der Waals surface area (Å²) in [6.07, 6.45) is 0. The quantitative estimate of drug-likeness (QED) is 0.819. The highest BCUT2D eigenvalue weighted by Crippen LogP contribution is 2.15. The summed E-state index contributed by atoms with van der Waals surface area (Å²) in [6.45, 7) is 1.96. The van der Waals surface area contributed by atoms with Crippen LogP contribution in [0.15, 0.2) is 11.4 Å². The highest BCUT2D eigenvalue weighted by atomic mass is 32.1. The number of aromatic amines is 1. The van der Waals surface area contributed by atoms with Gasteiger partial charge in [-0.2, -0.15) is 5.10 Å². The number of hydrogen-bond acceptors (Lipinski definition) is 5. The van der Waals surface area contributed by atoms with Gasteiger partial charge >= 0.3 is 0 Å². The first-order valence-electron chi connectivity index (χ1n) is 5.91. The summed E-state index contributed by atoms with van der Waals surface area (Å²) in [7, 11) is 1.70. The Morgan fingerprint density at radius 2 is 2.40 bits per heavy atom. The maximum atomic E-state index is 12.2. The van der Waals surface area contributed by atoms with Crippen LogP contribution >= 0.6 is 11.3 Å². The molecule has 2 aromatic heterocycles. The van der Waals surface area contributed by atoms with Gasteiger partial charge in [-0.1, -0.05) is 11.8 Å². The summed E-state index contributed by atoms with van der Waals surface area (Å²) < 4.78 is 0. The van der Waals surface area contributed by atoms with Crippen LogP contribution in [-0.2, 0) is 6.54 Å². The van der Waals surface area contributed by atoms with Gasteiger partial charge in [0.25, 0.3) is 5.91 Å². The number of carbonyl (C=O) groups excluding carboxylic acids is 1. The number of aryl methyl sites for hydroxylation is 1. The van der Waals surface area contributed by atoms with Crippen molar-refractivity contribution in [3.63, 3.8) is 0 Å². The van der Waals surface area contributed by atoms with Crippen LogP contribution in [-0.4, -0.2) is 44.7 Å². The number of aliphatic hydroxyl groups excluding tert-OH is 1. The van der Waals surface area contributed by atoms with Crippen LogP contribution in [0.2, 0.25) is 0 Å². The molecule has 7 heteroatoms. The van der Waals surface area contributed by atoms with E-state index < -0.39 is 0 Å². The minimum atomic E-state index is -0.189. The van der Waals surface area contributed by atoms with E-state index in [0.29, 0.717) is 17.9 Å². The Balaban J connectivity index is 2.04. The van der Waals surface area contributed by atoms with Crippen LogP contribution in [0.25, 0.3) is 0 Å². The van der Waals surface area contributed by atoms with Gasteiger partial charge in [0.15, 0.2) is 5.82 Å². The van der Waals surface area contributed by atoms with Crippen molar-refractivity contribution >= 4 is 17.2 Å². The van der Waals surface area contributed by atoms with Crippen LogP contribution < -0.4 is 0 Å². The number of carbonyl (C=O) groups is 1. The van der Waals surface area contributed by atoms with E-state index in [4.69, 9.17) is 5.11 Å². The van der Waals surface area contributed by atoms with Gasteiger partial charge in [0.2, 0.25) is 0 Å². The first-order valence-corrected chi connectivity index (χ1v) is 6.79. The molecular weight excluding hydrogens is 276 g/mol. The number of H-pyrrole nitrogens is 1. The van der Waals surface area contributed by atoms with Gasteiger partial charge < -0.3 is 10.0 Å². The normalized spacial score (nSPS) is 9.95. The Bertz CT molecular complexity index is 665. The molecule has 2 aromatic rings. The number of nitrogens with one attached hydrogen (secondary N) is 1. The standard InChI is InChI=1S/C13H14N4O2S/c1-9-14-12(16-15-9)7-17(2)13(19)10-6-11(20-8-10)4-3-5-18/h6,8,18H,5,7H2,1-2H3,(H,14,15,16). The highest BCUT2D eigenvalue weighted by molar-refractivity contribution is 7.10. The smallest absolute Gasteiger partial charge is 0.254 e. The zero-order valence-corrected chi connectivity index (χ0v) is 12.0. The number of aliphatic hydroxyl groups is 1. The van der Waals surface area contributed by atoms with E-state index in [0.717, 1.165) is 10.7 Å². The van der Waals surface area contributed by atoms with E-state index in [2.05, 4.69) is 27.0 Å². The number of amides is 1. The lowest BCUT2D eigenvalue weighted by molar-refractivity contribution is 0.0782. The van der Waals surface area contributed by atoms with Gasteiger partial charge in [0.1, 0.15) is 12.4 Å². The number of thiophene rings is 1. The fourth-order valence-electron chi connectivity index (χ4n) is 1.60. The summed E-state index contributed by atoms with van der Waals surface area (Å²) in [5.41, 5.74) is 0.576. The third-order valence-electron chi connectivity index (χ3n) is 2.51. The second-order valence-electron chi connectivity index (χ2n) is 4.16. The molecule has 0 aliphatic heterocycles. The second-order valence-corrected chi connectivity index (χ2v) is 5.07. The van der Waals surface area contributed by atoms with Crippen molar-refractivity contribution in [1.82, 2.24) is 20.1 Å². The van der Waals surface area contributed by atoms with Crippen molar-refractivity contribution in [3.05, 3.63) is 33.5 Å². The molecule has 0 aliphatic rings. The summed E-state index contributed by atoms with van der Waals surface area (Å²) in [5.74, 6) is 6.52. The molecule has 2 N–H and O–H groups in total. The van der Waals surface area contributed by atoms with Gasteiger partial charge in [-0.25, -0.2) is 4.98 Å². The van der Waals surface area contributed by atoms with Gasteiger partial charge in [-0.15, -0.1) is 11.3 Å². The lowest BCUT2D eigenvalue weighted by atomic mass is 10.2. The van der Waals surface area contributed by atoms with Crippen LogP contribution in [0, 0.1) is 18.8 Å². The van der Waals surface area contributed by atoms with Crippen molar-refractivity contribution in [2.45, 2.75) is 13.5 Å². The van der Waals surface area contributed by atoms with E-state index >= 15 is 0 Å². The fourth-order valence-corrected chi connectivity index (χ4v) is 2.35. The molecule has 0 atom stereocenters. The van der Waals surface area contributed by atoms with Crippen molar-refractivity contribution < 1.29 is 9.90 Å². The SMILES string of the molecule is Cc1nc(CN(C)C(=O)c2csc(C#CCO)c2)n[nH]1. The maximum Gasteiger partial charge on any atom is 0.254 e. The van der Waals surface area contributed by atoms with E-state index in [9.17, 15) is 4.79 Å². The molecule has 0 unspecified atom stereocenters. The molecule has 0 saturated heterocycles. The molecule has 0 aromatic carbocycles. The average molecular weight is 290 g/mol. The number of hydrogen-bond donors (Lipinski definition) is 2. The summed E-state index contributed by atoms with van der Waals surface area (Å²) in [6, 6.07) is 1.72. The monoisotopic (exact) mass is 290 g/mol. The zero-order valence-electron chi connectivity index (χ0n) is 11.2. The minimum absolute atomic E-state index is 0.110. The van der Waals surface area contributed by atoms with E-state index in [1.807, 2.05) is 6.92 Å². The Morgan fingerprint density at radius 3 is 3.05 bits per heavy atom. The Labute approximate surface area is 120 Å². The van der Waals surface area contributed by atoms with E-state index in [-0.39, 0.29) is 12.5 Å². The molecule has 2 rings (SSSR count). The third-order valence-corrected chi connectivity index (χ3v) is 3.35. The molecular formula is C13H14N4O2S. The van der Waals surface area contributed by atoms with Crippen LogP contribution in [0.4, 0.5) is 0 Å². The number of rotatable bonds is 3. The molecule has 6 nitrogen and oxygen atoms in total. The molecule has 0 saturated carbocycles. The Hall–Kier alpha value is -2.17. The number of nitrogens with zero attached hydrogens (tertiary/aromatic N) is 3. The lowest BCUT2D eigenvalue weighted by Crippen LogP contribution is -2.26. The summed E-state index contributed by atoms with van der Waals surface area (Å²) in [4.78, 5) is 18.7. The Kier molecular flexibility index (Phi) is 4.50. The van der Waals surface area contributed by atoms with Gasteiger partial charge in [0.05, 0.1) is 17.0 Å². The molecule has 0 radical (unpaired) electrons. The van der Waals surface area contributed by atoms with Gasteiger partial charge in [0, 0.05) is 12.4 Å². The van der Waals surface area contributed by atoms with Gasteiger partial charge in [-0.05, 0) is 13.0 Å². The minimum Gasteiger partial charge on any atom is -0.384 e. The average Bonchev–Trinajstić information content (AvgIpc) is 3.04. The molecule has 104 valence electrons. The summed E-state index contributed by atoms with van der Waals surface area (Å²) in [5, 5.41) is 17.1. The maximum absolute atomic E-state index is 12.2. The van der Waals surface area contributed by atoms with Gasteiger partial charge in [-0.3, -0.25) is 9.89 Å². The third kappa shape index (κ3) is 3.44. The molecule has 0 spiro atoms. The molecule has 0 aliphatic carbocycles.